The Hall–Kier alpha value is -1.55. The number of hydrogen-bond donors (Lipinski definition) is 2. The number of rotatable bonds is 0. The highest BCUT2D eigenvalue weighted by molar-refractivity contribution is 5.83. The SMILES string of the molecule is O=C1CN2c3ccccc3CC2NN1. The molecule has 72 valence electrons. The van der Waals surface area contributed by atoms with E-state index in [1.165, 1.54) is 11.3 Å². The van der Waals surface area contributed by atoms with Gasteiger partial charge in [0.15, 0.2) is 0 Å². The Labute approximate surface area is 81.9 Å². The van der Waals surface area contributed by atoms with Crippen LogP contribution in [0.25, 0.3) is 0 Å². The maximum absolute atomic E-state index is 11.2. The van der Waals surface area contributed by atoms with E-state index in [4.69, 9.17) is 0 Å². The molecule has 1 aromatic carbocycles. The molecule has 2 N–H and O–H groups in total. The Morgan fingerprint density at radius 3 is 3.14 bits per heavy atom. The molecule has 1 amide bonds. The van der Waals surface area contributed by atoms with Crippen LogP contribution in [-0.2, 0) is 11.2 Å². The molecule has 0 radical (unpaired) electrons. The fraction of sp³-hybridized carbons (Fsp3) is 0.300. The van der Waals surface area contributed by atoms with Crippen LogP contribution in [0.3, 0.4) is 0 Å². The lowest BCUT2D eigenvalue weighted by molar-refractivity contribution is -0.122. The Balaban J connectivity index is 2.00. The first-order valence-corrected chi connectivity index (χ1v) is 4.73. The lowest BCUT2D eigenvalue weighted by atomic mass is 10.1. The standard InChI is InChI=1S/C10H11N3O/c14-10-6-13-8-4-2-1-3-7(8)5-9(13)11-12-10/h1-4,9,11H,5-6H2,(H,12,14). The summed E-state index contributed by atoms with van der Waals surface area (Å²) in [6.45, 7) is 0.453. The van der Waals surface area contributed by atoms with Crippen molar-refractivity contribution in [3.05, 3.63) is 29.8 Å². The van der Waals surface area contributed by atoms with Gasteiger partial charge in [0.2, 0.25) is 0 Å². The van der Waals surface area contributed by atoms with E-state index in [9.17, 15) is 4.79 Å². The van der Waals surface area contributed by atoms with Crippen molar-refractivity contribution in [3.8, 4) is 0 Å². The van der Waals surface area contributed by atoms with Crippen LogP contribution in [0.2, 0.25) is 0 Å². The van der Waals surface area contributed by atoms with Crippen LogP contribution in [0.4, 0.5) is 5.69 Å². The molecule has 0 spiro atoms. The number of carbonyl (C=O) groups is 1. The van der Waals surface area contributed by atoms with Gasteiger partial charge in [-0.3, -0.25) is 10.2 Å². The largest absolute Gasteiger partial charge is 0.345 e. The quantitative estimate of drug-likeness (QED) is 0.604. The van der Waals surface area contributed by atoms with Crippen molar-refractivity contribution in [2.24, 2.45) is 0 Å². The molecule has 1 unspecified atom stereocenters. The highest BCUT2D eigenvalue weighted by Crippen LogP contribution is 2.30. The van der Waals surface area contributed by atoms with Crippen LogP contribution < -0.4 is 15.8 Å². The van der Waals surface area contributed by atoms with Crippen LogP contribution in [0.1, 0.15) is 5.56 Å². The summed E-state index contributed by atoms with van der Waals surface area (Å²) in [5.74, 6) is 0.0259. The van der Waals surface area contributed by atoms with Gasteiger partial charge in [0, 0.05) is 12.1 Å². The molecule has 2 aliphatic heterocycles. The highest BCUT2D eigenvalue weighted by atomic mass is 16.2. The van der Waals surface area contributed by atoms with Crippen LogP contribution in [0, 0.1) is 0 Å². The summed E-state index contributed by atoms with van der Waals surface area (Å²) in [7, 11) is 0. The third-order valence-corrected chi connectivity index (χ3v) is 2.78. The highest BCUT2D eigenvalue weighted by Gasteiger charge is 2.33. The van der Waals surface area contributed by atoms with Crippen LogP contribution in [0.15, 0.2) is 24.3 Å². The maximum Gasteiger partial charge on any atom is 0.253 e. The van der Waals surface area contributed by atoms with Crippen molar-refractivity contribution in [1.82, 2.24) is 10.9 Å². The number of benzene rings is 1. The summed E-state index contributed by atoms with van der Waals surface area (Å²) < 4.78 is 0. The second-order valence-electron chi connectivity index (χ2n) is 3.67. The maximum atomic E-state index is 11.2. The predicted octanol–water partition coefficient (Wildman–Crippen LogP) is 0.00960. The molecule has 2 heterocycles. The second-order valence-corrected chi connectivity index (χ2v) is 3.67. The number of nitrogens with zero attached hydrogens (tertiary/aromatic N) is 1. The molecular formula is C10H11N3O. The number of fused-ring (bicyclic) bond motifs is 3. The number of nitrogens with one attached hydrogen (secondary N) is 2. The summed E-state index contributed by atoms with van der Waals surface area (Å²) in [6, 6.07) is 8.22. The van der Waals surface area contributed by atoms with Gasteiger partial charge in [-0.15, -0.1) is 0 Å². The lowest BCUT2D eigenvalue weighted by Gasteiger charge is -2.32. The van der Waals surface area contributed by atoms with E-state index in [-0.39, 0.29) is 12.1 Å². The topological polar surface area (TPSA) is 44.4 Å². The molecule has 4 nitrogen and oxygen atoms in total. The third kappa shape index (κ3) is 1.01. The van der Waals surface area contributed by atoms with Gasteiger partial charge in [0.1, 0.15) is 6.17 Å². The average molecular weight is 189 g/mol. The zero-order valence-electron chi connectivity index (χ0n) is 7.66. The summed E-state index contributed by atoms with van der Waals surface area (Å²) >= 11 is 0. The fourth-order valence-electron chi connectivity index (χ4n) is 2.13. The molecule has 1 saturated heterocycles. The normalized spacial score (nSPS) is 24.1. The van der Waals surface area contributed by atoms with E-state index in [1.807, 2.05) is 12.1 Å². The van der Waals surface area contributed by atoms with Crippen molar-refractivity contribution in [3.63, 3.8) is 0 Å². The minimum atomic E-state index is 0.0259. The molecule has 4 heteroatoms. The van der Waals surface area contributed by atoms with Gasteiger partial charge in [-0.1, -0.05) is 18.2 Å². The molecule has 14 heavy (non-hydrogen) atoms. The van der Waals surface area contributed by atoms with Crippen LogP contribution >= 0.6 is 0 Å². The first-order valence-electron chi connectivity index (χ1n) is 4.73. The molecule has 0 aliphatic carbocycles. The van der Waals surface area contributed by atoms with E-state index < -0.39 is 0 Å². The predicted molar refractivity (Wildman–Crippen MR) is 52.6 cm³/mol. The zero-order valence-corrected chi connectivity index (χ0v) is 7.66. The number of carbonyl (C=O) groups excluding carboxylic acids is 1. The molecule has 1 atom stereocenters. The third-order valence-electron chi connectivity index (χ3n) is 2.78. The summed E-state index contributed by atoms with van der Waals surface area (Å²) in [5.41, 5.74) is 8.15. The minimum Gasteiger partial charge on any atom is -0.345 e. The molecule has 0 saturated carbocycles. The number of anilines is 1. The minimum absolute atomic E-state index is 0.0259. The molecule has 0 aromatic heterocycles. The van der Waals surface area contributed by atoms with Crippen LogP contribution in [0.5, 0.6) is 0 Å². The van der Waals surface area contributed by atoms with E-state index in [2.05, 4.69) is 27.9 Å². The van der Waals surface area contributed by atoms with E-state index >= 15 is 0 Å². The van der Waals surface area contributed by atoms with Crippen molar-refractivity contribution in [1.29, 1.82) is 0 Å². The Kier molecular flexibility index (Phi) is 1.52. The van der Waals surface area contributed by atoms with Crippen LogP contribution in [-0.4, -0.2) is 18.6 Å². The smallest absolute Gasteiger partial charge is 0.253 e. The lowest BCUT2D eigenvalue weighted by Crippen LogP contribution is -2.60. The van der Waals surface area contributed by atoms with Gasteiger partial charge in [-0.05, 0) is 11.6 Å². The first-order chi connectivity index (χ1) is 6.84. The molecule has 0 bridgehead atoms. The molecule has 1 aromatic rings. The van der Waals surface area contributed by atoms with Gasteiger partial charge in [-0.25, -0.2) is 5.43 Å². The van der Waals surface area contributed by atoms with Gasteiger partial charge in [0.05, 0.1) is 6.54 Å². The Morgan fingerprint density at radius 2 is 2.21 bits per heavy atom. The van der Waals surface area contributed by atoms with Gasteiger partial charge in [-0.2, -0.15) is 0 Å². The van der Waals surface area contributed by atoms with Gasteiger partial charge in [0.25, 0.3) is 5.91 Å². The van der Waals surface area contributed by atoms with Crippen molar-refractivity contribution in [2.45, 2.75) is 12.6 Å². The van der Waals surface area contributed by atoms with E-state index in [0.717, 1.165) is 6.42 Å². The summed E-state index contributed by atoms with van der Waals surface area (Å²) in [5, 5.41) is 0. The van der Waals surface area contributed by atoms with Crippen molar-refractivity contribution >= 4 is 11.6 Å². The monoisotopic (exact) mass is 189 g/mol. The molecular weight excluding hydrogens is 178 g/mol. The summed E-state index contributed by atoms with van der Waals surface area (Å²) in [6.07, 6.45) is 1.18. The van der Waals surface area contributed by atoms with Crippen molar-refractivity contribution in [2.75, 3.05) is 11.4 Å². The molecule has 2 aliphatic rings. The molecule has 1 fully saturated rings. The molecule has 3 rings (SSSR count). The first kappa shape index (κ1) is 7.82. The van der Waals surface area contributed by atoms with E-state index in [1.54, 1.807) is 0 Å². The van der Waals surface area contributed by atoms with Gasteiger partial charge >= 0.3 is 0 Å². The van der Waals surface area contributed by atoms with Crippen molar-refractivity contribution < 1.29 is 4.79 Å². The fourth-order valence-corrected chi connectivity index (χ4v) is 2.13. The average Bonchev–Trinajstić information content (AvgIpc) is 2.56. The van der Waals surface area contributed by atoms with E-state index in [0.29, 0.717) is 6.54 Å². The number of para-hydroxylation sites is 1. The number of hydrogen-bond acceptors (Lipinski definition) is 3. The zero-order chi connectivity index (χ0) is 9.54. The second kappa shape index (κ2) is 2.72. The van der Waals surface area contributed by atoms with Gasteiger partial charge < -0.3 is 4.90 Å². The summed E-state index contributed by atoms with van der Waals surface area (Å²) in [4.78, 5) is 13.3. The Bertz CT molecular complexity index is 391. The number of amides is 1. The Morgan fingerprint density at radius 1 is 1.36 bits per heavy atom. The number of hydrazine groups is 1.